The first-order chi connectivity index (χ1) is 12.2. The summed E-state index contributed by atoms with van der Waals surface area (Å²) in [4.78, 5) is 4.56. The van der Waals surface area contributed by atoms with Gasteiger partial charge < -0.3 is 10.1 Å². The number of hydrogen-bond acceptors (Lipinski definition) is 5. The molecule has 25 heavy (non-hydrogen) atoms. The second-order valence-corrected chi connectivity index (χ2v) is 6.39. The lowest BCUT2D eigenvalue weighted by Crippen LogP contribution is -1.91. The van der Waals surface area contributed by atoms with Crippen LogP contribution in [-0.4, -0.2) is 12.1 Å². The second-order valence-electron chi connectivity index (χ2n) is 5.09. The quantitative estimate of drug-likeness (QED) is 0.609. The van der Waals surface area contributed by atoms with E-state index in [2.05, 4.69) is 16.4 Å². The van der Waals surface area contributed by atoms with Crippen LogP contribution in [0.4, 0.5) is 5.69 Å². The van der Waals surface area contributed by atoms with Crippen molar-refractivity contribution >= 4 is 34.2 Å². The van der Waals surface area contributed by atoms with E-state index in [1.165, 1.54) is 11.3 Å². The number of ether oxygens (including phenoxy) is 1. The molecule has 6 heteroatoms. The highest BCUT2D eigenvalue weighted by atomic mass is 35.5. The Morgan fingerprint density at radius 2 is 2.12 bits per heavy atom. The highest BCUT2D eigenvalue weighted by Gasteiger charge is 2.09. The number of nitrogens with one attached hydrogen (secondary N) is 1. The summed E-state index contributed by atoms with van der Waals surface area (Å²) in [6.45, 7) is 0. The van der Waals surface area contributed by atoms with E-state index < -0.39 is 0 Å². The van der Waals surface area contributed by atoms with Crippen molar-refractivity contribution in [3.8, 4) is 23.1 Å². The summed E-state index contributed by atoms with van der Waals surface area (Å²) in [5, 5.41) is 15.7. The van der Waals surface area contributed by atoms with Crippen LogP contribution in [0.5, 0.6) is 5.75 Å². The molecule has 0 aliphatic heterocycles. The average molecular weight is 368 g/mol. The number of aromatic nitrogens is 1. The molecule has 3 rings (SSSR count). The molecular weight excluding hydrogens is 354 g/mol. The molecule has 0 spiro atoms. The molecule has 0 bridgehead atoms. The summed E-state index contributed by atoms with van der Waals surface area (Å²) in [5.41, 5.74) is 3.02. The fourth-order valence-electron chi connectivity index (χ4n) is 2.19. The van der Waals surface area contributed by atoms with Gasteiger partial charge in [-0.05, 0) is 30.3 Å². The van der Waals surface area contributed by atoms with E-state index >= 15 is 0 Å². The van der Waals surface area contributed by atoms with Crippen LogP contribution < -0.4 is 10.1 Å². The van der Waals surface area contributed by atoms with E-state index in [1.54, 1.807) is 25.4 Å². The number of methoxy groups -OCH3 is 1. The first-order valence-corrected chi connectivity index (χ1v) is 8.68. The summed E-state index contributed by atoms with van der Waals surface area (Å²) >= 11 is 7.38. The average Bonchev–Trinajstić information content (AvgIpc) is 3.12. The lowest BCUT2D eigenvalue weighted by molar-refractivity contribution is 0.415. The number of halogens is 1. The van der Waals surface area contributed by atoms with Crippen LogP contribution >= 0.6 is 22.9 Å². The molecule has 0 fully saturated rings. The van der Waals surface area contributed by atoms with Crippen LogP contribution in [0.3, 0.4) is 0 Å². The number of rotatable bonds is 5. The van der Waals surface area contributed by atoms with E-state index in [9.17, 15) is 5.26 Å². The van der Waals surface area contributed by atoms with Crippen molar-refractivity contribution < 1.29 is 4.74 Å². The van der Waals surface area contributed by atoms with Gasteiger partial charge >= 0.3 is 0 Å². The molecule has 124 valence electrons. The third-order valence-corrected chi connectivity index (χ3v) is 4.54. The van der Waals surface area contributed by atoms with Gasteiger partial charge in [-0.1, -0.05) is 29.8 Å². The van der Waals surface area contributed by atoms with Crippen molar-refractivity contribution in [3.05, 3.63) is 70.1 Å². The van der Waals surface area contributed by atoms with Gasteiger partial charge in [-0.3, -0.25) is 0 Å². The normalized spacial score (nSPS) is 11.0. The topological polar surface area (TPSA) is 57.9 Å². The Morgan fingerprint density at radius 1 is 1.28 bits per heavy atom. The zero-order valence-electron chi connectivity index (χ0n) is 13.4. The van der Waals surface area contributed by atoms with E-state index in [0.717, 1.165) is 22.7 Å². The van der Waals surface area contributed by atoms with Crippen LogP contribution in [-0.2, 0) is 0 Å². The maximum absolute atomic E-state index is 9.44. The summed E-state index contributed by atoms with van der Waals surface area (Å²) in [6.07, 6.45) is 1.64. The predicted octanol–water partition coefficient (Wildman–Crippen LogP) is 5.45. The Bertz CT molecular complexity index is 959. The zero-order chi connectivity index (χ0) is 17.6. The van der Waals surface area contributed by atoms with Crippen molar-refractivity contribution in [2.45, 2.75) is 0 Å². The monoisotopic (exact) mass is 367 g/mol. The highest BCUT2D eigenvalue weighted by molar-refractivity contribution is 7.11. The second kappa shape index (κ2) is 7.84. The van der Waals surface area contributed by atoms with E-state index in [0.29, 0.717) is 15.6 Å². The fourth-order valence-corrected chi connectivity index (χ4v) is 3.17. The molecule has 1 heterocycles. The molecule has 1 aromatic heterocycles. The van der Waals surface area contributed by atoms with Gasteiger partial charge in [0.1, 0.15) is 22.4 Å². The number of nitriles is 1. The van der Waals surface area contributed by atoms with Crippen LogP contribution in [0.25, 0.3) is 16.8 Å². The third-order valence-electron chi connectivity index (χ3n) is 3.43. The number of anilines is 1. The molecule has 0 amide bonds. The molecule has 4 nitrogen and oxygen atoms in total. The molecule has 1 N–H and O–H groups in total. The highest BCUT2D eigenvalue weighted by Crippen LogP contribution is 2.28. The Kier molecular flexibility index (Phi) is 5.34. The van der Waals surface area contributed by atoms with Crippen molar-refractivity contribution in [2.24, 2.45) is 0 Å². The predicted molar refractivity (Wildman–Crippen MR) is 103 cm³/mol. The molecule has 0 aliphatic carbocycles. The summed E-state index contributed by atoms with van der Waals surface area (Å²) < 4.78 is 5.24. The van der Waals surface area contributed by atoms with Crippen LogP contribution in [0.2, 0.25) is 5.02 Å². The standard InChI is InChI=1S/C19H14ClN3OS/c1-24-17-7-2-4-13(8-17)18-12-25-19(23-18)14(10-21)11-22-16-6-3-5-15(20)9-16/h2-9,11-12,22H,1H3/b14-11-. The maximum Gasteiger partial charge on any atom is 0.136 e. The number of benzene rings is 2. The maximum atomic E-state index is 9.44. The van der Waals surface area contributed by atoms with Gasteiger partial charge in [0.2, 0.25) is 0 Å². The molecule has 0 radical (unpaired) electrons. The number of hydrogen-bond donors (Lipinski definition) is 1. The Labute approximate surface area is 155 Å². The molecule has 0 saturated heterocycles. The van der Waals surface area contributed by atoms with Gasteiger partial charge in [0.25, 0.3) is 0 Å². The smallest absolute Gasteiger partial charge is 0.136 e. The first-order valence-electron chi connectivity index (χ1n) is 7.42. The lowest BCUT2D eigenvalue weighted by Gasteiger charge is -2.02. The van der Waals surface area contributed by atoms with Crippen LogP contribution in [0.15, 0.2) is 60.1 Å². The fraction of sp³-hybridized carbons (Fsp3) is 0.0526. The van der Waals surface area contributed by atoms with Crippen LogP contribution in [0.1, 0.15) is 5.01 Å². The Balaban J connectivity index is 1.84. The minimum Gasteiger partial charge on any atom is -0.497 e. The van der Waals surface area contributed by atoms with Gasteiger partial charge in [0.15, 0.2) is 0 Å². The van der Waals surface area contributed by atoms with Crippen molar-refractivity contribution in [1.29, 1.82) is 5.26 Å². The largest absolute Gasteiger partial charge is 0.497 e. The summed E-state index contributed by atoms with van der Waals surface area (Å²) in [6, 6.07) is 17.1. The molecular formula is C19H14ClN3OS. The first kappa shape index (κ1) is 17.0. The number of nitrogens with zero attached hydrogens (tertiary/aromatic N) is 2. The van der Waals surface area contributed by atoms with Crippen molar-refractivity contribution in [3.63, 3.8) is 0 Å². The van der Waals surface area contributed by atoms with Gasteiger partial charge in [-0.2, -0.15) is 5.26 Å². The zero-order valence-corrected chi connectivity index (χ0v) is 14.9. The van der Waals surface area contributed by atoms with Gasteiger partial charge in [-0.25, -0.2) is 4.98 Å². The Morgan fingerprint density at radius 3 is 2.88 bits per heavy atom. The van der Waals surface area contributed by atoms with E-state index in [4.69, 9.17) is 16.3 Å². The van der Waals surface area contributed by atoms with Crippen molar-refractivity contribution in [2.75, 3.05) is 12.4 Å². The SMILES string of the molecule is COc1cccc(-c2csc(/C(C#N)=C\Nc3cccc(Cl)c3)n2)c1. The van der Waals surface area contributed by atoms with E-state index in [-0.39, 0.29) is 0 Å². The van der Waals surface area contributed by atoms with Crippen LogP contribution in [0, 0.1) is 11.3 Å². The molecule has 0 atom stereocenters. The number of thiazole rings is 1. The number of allylic oxidation sites excluding steroid dienone is 1. The van der Waals surface area contributed by atoms with Crippen molar-refractivity contribution in [1.82, 2.24) is 4.98 Å². The molecule has 0 aliphatic rings. The molecule has 3 aromatic rings. The minimum atomic E-state index is 0.458. The lowest BCUT2D eigenvalue weighted by atomic mass is 10.1. The molecule has 2 aromatic carbocycles. The minimum absolute atomic E-state index is 0.458. The molecule has 0 saturated carbocycles. The van der Waals surface area contributed by atoms with Gasteiger partial charge in [0, 0.05) is 27.9 Å². The molecule has 0 unspecified atom stereocenters. The third kappa shape index (κ3) is 4.18. The van der Waals surface area contributed by atoms with Gasteiger partial charge in [-0.15, -0.1) is 11.3 Å². The Hall–Kier alpha value is -2.81. The summed E-state index contributed by atoms with van der Waals surface area (Å²) in [7, 11) is 1.63. The van der Waals surface area contributed by atoms with Gasteiger partial charge in [0.05, 0.1) is 12.8 Å². The summed E-state index contributed by atoms with van der Waals surface area (Å²) in [5.74, 6) is 0.769. The van der Waals surface area contributed by atoms with E-state index in [1.807, 2.05) is 41.8 Å².